The predicted molar refractivity (Wildman–Crippen MR) is 132 cm³/mol. The van der Waals surface area contributed by atoms with Gasteiger partial charge in [0.2, 0.25) is 0 Å². The van der Waals surface area contributed by atoms with Gasteiger partial charge in [-0.1, -0.05) is 18.2 Å². The quantitative estimate of drug-likeness (QED) is 0.253. The van der Waals surface area contributed by atoms with Crippen LogP contribution in [-0.2, 0) is 27.6 Å². The maximum atomic E-state index is 13.8. The molecule has 1 saturated heterocycles. The van der Waals surface area contributed by atoms with Gasteiger partial charge in [0.1, 0.15) is 10.7 Å². The summed E-state index contributed by atoms with van der Waals surface area (Å²) in [5.74, 6) is -1.29. The van der Waals surface area contributed by atoms with Crippen molar-refractivity contribution >= 4 is 16.0 Å². The number of methoxy groups -OCH3 is 1. The van der Waals surface area contributed by atoms with Crippen LogP contribution in [0.3, 0.4) is 0 Å². The van der Waals surface area contributed by atoms with E-state index in [1.165, 1.54) is 42.3 Å². The molecule has 0 bridgehead atoms. The van der Waals surface area contributed by atoms with Crippen molar-refractivity contribution in [2.75, 3.05) is 20.3 Å². The number of amides is 1. The minimum atomic E-state index is -4.75. The van der Waals surface area contributed by atoms with Crippen molar-refractivity contribution in [1.29, 1.82) is 0 Å². The number of benzene rings is 3. The van der Waals surface area contributed by atoms with Crippen LogP contribution in [0.2, 0.25) is 0 Å². The number of ether oxygens (including phenoxy) is 2. The van der Waals surface area contributed by atoms with E-state index in [1.54, 1.807) is 6.07 Å². The van der Waals surface area contributed by atoms with E-state index in [0.717, 1.165) is 37.1 Å². The topological polar surface area (TPSA) is 82.1 Å². The van der Waals surface area contributed by atoms with Crippen LogP contribution in [0.15, 0.2) is 71.6 Å². The van der Waals surface area contributed by atoms with E-state index in [0.29, 0.717) is 18.2 Å². The summed E-state index contributed by atoms with van der Waals surface area (Å²) in [6.45, 7) is 0.750. The zero-order valence-corrected chi connectivity index (χ0v) is 21.6. The van der Waals surface area contributed by atoms with Gasteiger partial charge in [0.25, 0.3) is 5.91 Å². The minimum Gasteiger partial charge on any atom is -0.493 e. The van der Waals surface area contributed by atoms with Gasteiger partial charge < -0.3 is 18.6 Å². The fourth-order valence-electron chi connectivity index (χ4n) is 4.16. The van der Waals surface area contributed by atoms with Crippen LogP contribution in [0.25, 0.3) is 0 Å². The summed E-state index contributed by atoms with van der Waals surface area (Å²) in [7, 11) is -3.41. The minimum absolute atomic E-state index is 0.0106. The molecule has 1 amide bonds. The van der Waals surface area contributed by atoms with Crippen molar-refractivity contribution in [1.82, 2.24) is 4.90 Å². The van der Waals surface area contributed by atoms with Crippen LogP contribution in [0, 0.1) is 5.82 Å². The van der Waals surface area contributed by atoms with Gasteiger partial charge in [-0.25, -0.2) is 4.39 Å². The molecule has 0 N–H and O–H groups in total. The summed E-state index contributed by atoms with van der Waals surface area (Å²) in [4.78, 5) is 14.1. The Labute approximate surface area is 223 Å². The molecular formula is C27H25F4NO6S. The maximum absolute atomic E-state index is 13.8. The summed E-state index contributed by atoms with van der Waals surface area (Å²) in [6.07, 6.45) is -3.40. The fraction of sp³-hybridized carbons (Fsp3) is 0.296. The molecule has 1 aliphatic rings. The molecule has 1 heterocycles. The average molecular weight is 568 g/mol. The number of nitrogens with zero attached hydrogens (tertiary/aromatic N) is 1. The third-order valence-electron chi connectivity index (χ3n) is 6.06. The normalized spacial score (nSPS) is 15.7. The third kappa shape index (κ3) is 7.07. The number of hydrogen-bond donors (Lipinski definition) is 0. The maximum Gasteiger partial charge on any atom is 0.416 e. The predicted octanol–water partition coefficient (Wildman–Crippen LogP) is 5.44. The van der Waals surface area contributed by atoms with Gasteiger partial charge in [0.15, 0.2) is 11.5 Å². The van der Waals surface area contributed by atoms with E-state index in [9.17, 15) is 30.8 Å². The van der Waals surface area contributed by atoms with Gasteiger partial charge in [0.05, 0.1) is 18.8 Å². The monoisotopic (exact) mass is 567 g/mol. The molecule has 1 fully saturated rings. The number of rotatable bonds is 9. The summed E-state index contributed by atoms with van der Waals surface area (Å²) < 4.78 is 95.0. The molecule has 3 aromatic rings. The Balaban J connectivity index is 1.63. The van der Waals surface area contributed by atoms with Crippen LogP contribution in [0.5, 0.6) is 11.5 Å². The van der Waals surface area contributed by atoms with Gasteiger partial charge in [0, 0.05) is 25.3 Å². The highest BCUT2D eigenvalue weighted by Crippen LogP contribution is 2.34. The van der Waals surface area contributed by atoms with Crippen LogP contribution >= 0.6 is 0 Å². The van der Waals surface area contributed by atoms with E-state index >= 15 is 0 Å². The SMILES string of the molecule is COc1ccc(CN(CC2CCCO2)C(=O)c2cccc(F)c2)cc1OS(=O)(=O)c1cccc(C(F)(F)F)c1. The molecule has 0 radical (unpaired) electrons. The smallest absolute Gasteiger partial charge is 0.416 e. The number of hydrogen-bond acceptors (Lipinski definition) is 6. The molecule has 3 aromatic carbocycles. The van der Waals surface area contributed by atoms with Gasteiger partial charge >= 0.3 is 16.3 Å². The molecule has 208 valence electrons. The lowest BCUT2D eigenvalue weighted by Gasteiger charge is -2.26. The zero-order chi connectivity index (χ0) is 28.2. The summed E-state index contributed by atoms with van der Waals surface area (Å²) in [5, 5.41) is 0. The Morgan fingerprint density at radius 2 is 1.82 bits per heavy atom. The number of halogens is 4. The molecule has 0 spiro atoms. The molecule has 0 aromatic heterocycles. The molecule has 4 rings (SSSR count). The van der Waals surface area contributed by atoms with E-state index in [4.69, 9.17) is 13.7 Å². The first kappa shape index (κ1) is 28.4. The van der Waals surface area contributed by atoms with Crippen molar-refractivity contribution in [3.63, 3.8) is 0 Å². The Morgan fingerprint density at radius 3 is 2.49 bits per heavy atom. The largest absolute Gasteiger partial charge is 0.493 e. The Morgan fingerprint density at radius 1 is 1.05 bits per heavy atom. The molecule has 1 unspecified atom stereocenters. The zero-order valence-electron chi connectivity index (χ0n) is 20.8. The van der Waals surface area contributed by atoms with Crippen molar-refractivity contribution in [2.45, 2.75) is 36.6 Å². The van der Waals surface area contributed by atoms with Crippen LogP contribution < -0.4 is 8.92 Å². The lowest BCUT2D eigenvalue weighted by Crippen LogP contribution is -2.37. The highest BCUT2D eigenvalue weighted by atomic mass is 32.2. The first-order chi connectivity index (χ1) is 18.5. The van der Waals surface area contributed by atoms with Gasteiger partial charge in [-0.2, -0.15) is 21.6 Å². The molecule has 0 aliphatic carbocycles. The van der Waals surface area contributed by atoms with Crippen LogP contribution in [-0.4, -0.2) is 45.6 Å². The first-order valence-corrected chi connectivity index (χ1v) is 13.3. The molecule has 1 aliphatic heterocycles. The van der Waals surface area contributed by atoms with Crippen molar-refractivity contribution in [3.05, 3.63) is 89.2 Å². The van der Waals surface area contributed by atoms with Crippen LogP contribution in [0.4, 0.5) is 17.6 Å². The second-order valence-electron chi connectivity index (χ2n) is 8.88. The fourth-order valence-corrected chi connectivity index (χ4v) is 5.14. The molecule has 39 heavy (non-hydrogen) atoms. The second kappa shape index (κ2) is 11.6. The highest BCUT2D eigenvalue weighted by molar-refractivity contribution is 7.87. The lowest BCUT2D eigenvalue weighted by atomic mass is 10.1. The van der Waals surface area contributed by atoms with E-state index in [1.807, 2.05) is 0 Å². The molecular weight excluding hydrogens is 542 g/mol. The van der Waals surface area contributed by atoms with E-state index in [2.05, 4.69) is 0 Å². The van der Waals surface area contributed by atoms with Gasteiger partial charge in [-0.3, -0.25) is 4.79 Å². The Hall–Kier alpha value is -3.64. The highest BCUT2D eigenvalue weighted by Gasteiger charge is 2.32. The second-order valence-corrected chi connectivity index (χ2v) is 10.4. The van der Waals surface area contributed by atoms with E-state index < -0.39 is 38.5 Å². The summed E-state index contributed by atoms with van der Waals surface area (Å²) in [6, 6.07) is 12.8. The first-order valence-electron chi connectivity index (χ1n) is 11.9. The van der Waals surface area contributed by atoms with Crippen LogP contribution in [0.1, 0.15) is 34.3 Å². The lowest BCUT2D eigenvalue weighted by molar-refractivity contribution is -0.137. The number of carbonyl (C=O) groups excluding carboxylic acids is 1. The molecule has 12 heteroatoms. The number of alkyl halides is 3. The average Bonchev–Trinajstić information content (AvgIpc) is 3.41. The van der Waals surface area contributed by atoms with Gasteiger partial charge in [-0.05, 0) is 66.9 Å². The third-order valence-corrected chi connectivity index (χ3v) is 7.29. The van der Waals surface area contributed by atoms with Crippen molar-refractivity contribution < 1.29 is 44.4 Å². The molecule has 1 atom stereocenters. The van der Waals surface area contributed by atoms with E-state index in [-0.39, 0.29) is 36.3 Å². The Kier molecular flexibility index (Phi) is 8.45. The van der Waals surface area contributed by atoms with Crippen molar-refractivity contribution in [3.8, 4) is 11.5 Å². The summed E-state index contributed by atoms with van der Waals surface area (Å²) in [5.41, 5.74) is -0.577. The number of carbonyl (C=O) groups is 1. The summed E-state index contributed by atoms with van der Waals surface area (Å²) >= 11 is 0. The molecule has 7 nitrogen and oxygen atoms in total. The van der Waals surface area contributed by atoms with Crippen molar-refractivity contribution in [2.24, 2.45) is 0 Å². The van der Waals surface area contributed by atoms with Gasteiger partial charge in [-0.15, -0.1) is 0 Å². The molecule has 0 saturated carbocycles. The Bertz CT molecular complexity index is 1440. The standard InChI is InChI=1S/C27H25F4NO6S/c1-36-24-11-10-18(13-25(24)38-39(34,35)23-9-3-6-20(15-23)27(29,30)31)16-32(17-22-8-4-12-37-22)26(33)19-5-2-7-21(28)14-19/h2-3,5-7,9-11,13-15,22H,4,8,12,16-17H2,1H3.